The van der Waals surface area contributed by atoms with E-state index < -0.39 is 6.10 Å². The van der Waals surface area contributed by atoms with Gasteiger partial charge in [-0.3, -0.25) is 0 Å². The molecule has 1 saturated carbocycles. The molecular weight excluding hydrogens is 286 g/mol. The summed E-state index contributed by atoms with van der Waals surface area (Å²) in [6.07, 6.45) is 6.23. The highest BCUT2D eigenvalue weighted by molar-refractivity contribution is 6.30. The number of ether oxygens (including phenoxy) is 1. The summed E-state index contributed by atoms with van der Waals surface area (Å²) in [5.41, 5.74) is 0. The Morgan fingerprint density at radius 1 is 1.24 bits per heavy atom. The number of hydrogen-bond acceptors (Lipinski definition) is 2. The summed E-state index contributed by atoms with van der Waals surface area (Å²) < 4.78 is 5.63. The lowest BCUT2D eigenvalue weighted by Crippen LogP contribution is -3.16. The third kappa shape index (κ3) is 5.50. The van der Waals surface area contributed by atoms with Gasteiger partial charge < -0.3 is 14.7 Å². The molecule has 3 nitrogen and oxygen atoms in total. The molecule has 2 atom stereocenters. The number of rotatable bonds is 7. The Labute approximate surface area is 132 Å². The Kier molecular flexibility index (Phi) is 6.81. The van der Waals surface area contributed by atoms with E-state index in [-0.39, 0.29) is 0 Å². The molecule has 21 heavy (non-hydrogen) atoms. The summed E-state index contributed by atoms with van der Waals surface area (Å²) in [6.45, 7) is 4.39. The second-order valence-electron chi connectivity index (χ2n) is 5.97. The van der Waals surface area contributed by atoms with Crippen LogP contribution < -0.4 is 9.64 Å². The maximum Gasteiger partial charge on any atom is 0.137 e. The number of nitrogens with one attached hydrogen (secondary N) is 1. The van der Waals surface area contributed by atoms with Crippen LogP contribution in [0.5, 0.6) is 5.75 Å². The number of likely N-dealkylation sites (N-methyl/N-ethyl adjacent to an activating group) is 1. The topological polar surface area (TPSA) is 33.9 Å². The zero-order valence-corrected chi connectivity index (χ0v) is 13.6. The summed E-state index contributed by atoms with van der Waals surface area (Å²) in [4.78, 5) is 1.52. The monoisotopic (exact) mass is 312 g/mol. The van der Waals surface area contributed by atoms with Gasteiger partial charge in [-0.15, -0.1) is 0 Å². The van der Waals surface area contributed by atoms with E-state index in [9.17, 15) is 5.11 Å². The van der Waals surface area contributed by atoms with Crippen LogP contribution in [-0.2, 0) is 0 Å². The van der Waals surface area contributed by atoms with Crippen LogP contribution in [0.4, 0.5) is 0 Å². The molecule has 1 unspecified atom stereocenters. The van der Waals surface area contributed by atoms with Gasteiger partial charge in [0.05, 0.1) is 12.6 Å². The highest BCUT2D eigenvalue weighted by Gasteiger charge is 2.25. The van der Waals surface area contributed by atoms with Crippen LogP contribution in [0.2, 0.25) is 5.02 Å². The molecule has 1 aliphatic carbocycles. The smallest absolute Gasteiger partial charge is 0.137 e. The molecule has 0 amide bonds. The predicted octanol–water partition coefficient (Wildman–Crippen LogP) is 2.32. The Hall–Kier alpha value is -0.770. The fraction of sp³-hybridized carbons (Fsp3) is 0.647. The quantitative estimate of drug-likeness (QED) is 0.810. The highest BCUT2D eigenvalue weighted by atomic mass is 35.5. The van der Waals surface area contributed by atoms with Crippen molar-refractivity contribution in [3.63, 3.8) is 0 Å². The molecule has 0 heterocycles. The van der Waals surface area contributed by atoms with Crippen molar-refractivity contribution in [1.29, 1.82) is 0 Å². The first kappa shape index (κ1) is 16.6. The number of quaternary nitrogens is 1. The van der Waals surface area contributed by atoms with Gasteiger partial charge in [0, 0.05) is 5.02 Å². The molecule has 2 rings (SSSR count). The van der Waals surface area contributed by atoms with Crippen molar-refractivity contribution in [3.05, 3.63) is 29.3 Å². The summed E-state index contributed by atoms with van der Waals surface area (Å²) in [5.74, 6) is 0.758. The Morgan fingerprint density at radius 3 is 2.52 bits per heavy atom. The van der Waals surface area contributed by atoms with Gasteiger partial charge in [0.25, 0.3) is 0 Å². The SMILES string of the molecule is CC[NH+](C[C@@H](O)COc1ccc(Cl)cc1)C1CCCCC1. The average molecular weight is 313 g/mol. The van der Waals surface area contributed by atoms with Crippen molar-refractivity contribution >= 4 is 11.6 Å². The van der Waals surface area contributed by atoms with E-state index in [1.54, 1.807) is 12.1 Å². The number of hydrogen-bond donors (Lipinski definition) is 2. The van der Waals surface area contributed by atoms with Gasteiger partial charge >= 0.3 is 0 Å². The average Bonchev–Trinajstić information content (AvgIpc) is 2.53. The van der Waals surface area contributed by atoms with Gasteiger partial charge in [-0.2, -0.15) is 0 Å². The van der Waals surface area contributed by atoms with E-state index in [0.29, 0.717) is 17.7 Å². The van der Waals surface area contributed by atoms with Crippen LogP contribution in [0, 0.1) is 0 Å². The van der Waals surface area contributed by atoms with Crippen molar-refractivity contribution in [2.75, 3.05) is 19.7 Å². The minimum Gasteiger partial charge on any atom is -0.491 e. The largest absolute Gasteiger partial charge is 0.491 e. The van der Waals surface area contributed by atoms with Crippen molar-refractivity contribution in [1.82, 2.24) is 0 Å². The second kappa shape index (κ2) is 8.62. The fourth-order valence-electron chi connectivity index (χ4n) is 3.20. The van der Waals surface area contributed by atoms with Crippen LogP contribution in [-0.4, -0.2) is 36.9 Å². The zero-order valence-electron chi connectivity index (χ0n) is 12.9. The van der Waals surface area contributed by atoms with Crippen molar-refractivity contribution in [2.45, 2.75) is 51.2 Å². The maximum atomic E-state index is 10.2. The van der Waals surface area contributed by atoms with Crippen LogP contribution in [0.25, 0.3) is 0 Å². The molecule has 0 saturated heterocycles. The van der Waals surface area contributed by atoms with Gasteiger partial charge in [-0.25, -0.2) is 0 Å². The first-order chi connectivity index (χ1) is 10.2. The molecule has 1 aromatic rings. The predicted molar refractivity (Wildman–Crippen MR) is 86.2 cm³/mol. The molecule has 0 aliphatic heterocycles. The number of aliphatic hydroxyl groups is 1. The lowest BCUT2D eigenvalue weighted by molar-refractivity contribution is -0.928. The number of aliphatic hydroxyl groups excluding tert-OH is 1. The first-order valence-corrected chi connectivity index (χ1v) is 8.48. The van der Waals surface area contributed by atoms with E-state index in [1.165, 1.54) is 37.0 Å². The van der Waals surface area contributed by atoms with E-state index in [2.05, 4.69) is 6.92 Å². The lowest BCUT2D eigenvalue weighted by atomic mass is 9.94. The Morgan fingerprint density at radius 2 is 1.90 bits per heavy atom. The number of benzene rings is 1. The van der Waals surface area contributed by atoms with Crippen LogP contribution in [0.15, 0.2) is 24.3 Å². The van der Waals surface area contributed by atoms with Gasteiger partial charge in [-0.05, 0) is 56.9 Å². The zero-order chi connectivity index (χ0) is 15.1. The van der Waals surface area contributed by atoms with E-state index in [1.807, 2.05) is 12.1 Å². The minimum absolute atomic E-state index is 0.345. The van der Waals surface area contributed by atoms with Crippen molar-refractivity contribution in [2.24, 2.45) is 0 Å². The summed E-state index contributed by atoms with van der Waals surface area (Å²) in [5, 5.41) is 10.9. The minimum atomic E-state index is -0.419. The first-order valence-electron chi connectivity index (χ1n) is 8.10. The molecule has 118 valence electrons. The molecule has 0 bridgehead atoms. The fourth-order valence-corrected chi connectivity index (χ4v) is 3.32. The molecule has 4 heteroatoms. The molecule has 0 radical (unpaired) electrons. The number of halogens is 1. The van der Waals surface area contributed by atoms with Gasteiger partial charge in [0.15, 0.2) is 0 Å². The van der Waals surface area contributed by atoms with Crippen molar-refractivity contribution < 1.29 is 14.7 Å². The van der Waals surface area contributed by atoms with E-state index in [4.69, 9.17) is 16.3 Å². The normalized spacial score (nSPS) is 19.2. The highest BCUT2D eigenvalue weighted by Crippen LogP contribution is 2.16. The van der Waals surface area contributed by atoms with Gasteiger partial charge in [0.2, 0.25) is 0 Å². The molecule has 2 N–H and O–H groups in total. The molecular formula is C17H27ClNO2+. The van der Waals surface area contributed by atoms with E-state index >= 15 is 0 Å². The third-order valence-electron chi connectivity index (χ3n) is 4.39. The van der Waals surface area contributed by atoms with Crippen LogP contribution in [0.1, 0.15) is 39.0 Å². The van der Waals surface area contributed by atoms with Gasteiger partial charge in [-0.1, -0.05) is 18.0 Å². The Bertz CT molecular complexity index is 404. The molecule has 1 aliphatic rings. The van der Waals surface area contributed by atoms with Crippen molar-refractivity contribution in [3.8, 4) is 5.75 Å². The summed E-state index contributed by atoms with van der Waals surface area (Å²) in [6, 6.07) is 7.99. The molecule has 1 fully saturated rings. The molecule has 1 aromatic carbocycles. The molecule has 0 spiro atoms. The Balaban J connectivity index is 1.76. The molecule has 0 aromatic heterocycles. The lowest BCUT2D eigenvalue weighted by Gasteiger charge is -2.31. The summed E-state index contributed by atoms with van der Waals surface area (Å²) in [7, 11) is 0. The second-order valence-corrected chi connectivity index (χ2v) is 6.41. The van der Waals surface area contributed by atoms with Crippen LogP contribution >= 0.6 is 11.6 Å². The maximum absolute atomic E-state index is 10.2. The van der Waals surface area contributed by atoms with Crippen LogP contribution in [0.3, 0.4) is 0 Å². The van der Waals surface area contributed by atoms with E-state index in [0.717, 1.165) is 18.8 Å². The standard InChI is InChI=1S/C17H26ClNO2/c1-2-19(15-6-4-3-5-7-15)12-16(20)13-21-17-10-8-14(18)9-11-17/h8-11,15-16,20H,2-7,12-13H2,1H3/p+1/t16-/m1/s1. The van der Waals surface area contributed by atoms with Gasteiger partial charge in [0.1, 0.15) is 25.0 Å². The third-order valence-corrected chi connectivity index (χ3v) is 4.64. The summed E-state index contributed by atoms with van der Waals surface area (Å²) >= 11 is 5.84.